The minimum absolute atomic E-state index is 0.177. The molecule has 5 rings (SSSR count). The smallest absolute Gasteiger partial charge is 0.230 e. The average Bonchev–Trinajstić information content (AvgIpc) is 3.46. The summed E-state index contributed by atoms with van der Waals surface area (Å²) in [6.07, 6.45) is 10.9. The second-order valence-electron chi connectivity index (χ2n) is 8.23. The molecule has 2 N–H and O–H groups in total. The zero-order valence-electron chi connectivity index (χ0n) is 16.4. The molecule has 1 aliphatic heterocycles. The standard InChI is InChI=1S/C21H28N6O/c1-26(14-4-2-3-5-14)19(28)12-18-25-17-13-24-21-16(8-11-23-21)20(17)27(18)15-6-9-22-10-7-15/h8,11,13-15,22H,2-7,9-10,12H2,1H3,(H,23,24). The quantitative estimate of drug-likeness (QED) is 0.729. The van der Waals surface area contributed by atoms with E-state index in [2.05, 4.69) is 25.9 Å². The summed E-state index contributed by atoms with van der Waals surface area (Å²) >= 11 is 0. The third-order valence-corrected chi connectivity index (χ3v) is 6.56. The van der Waals surface area contributed by atoms with E-state index < -0.39 is 0 Å². The van der Waals surface area contributed by atoms with Crippen LogP contribution in [0.5, 0.6) is 0 Å². The van der Waals surface area contributed by atoms with Gasteiger partial charge in [0.25, 0.3) is 0 Å². The summed E-state index contributed by atoms with van der Waals surface area (Å²) in [4.78, 5) is 27.6. The van der Waals surface area contributed by atoms with E-state index in [1.807, 2.05) is 24.3 Å². The molecule has 0 spiro atoms. The highest BCUT2D eigenvalue weighted by molar-refractivity contribution is 6.01. The Hall–Kier alpha value is -2.41. The van der Waals surface area contributed by atoms with Gasteiger partial charge in [-0.05, 0) is 44.8 Å². The molecular weight excluding hydrogens is 352 g/mol. The number of H-pyrrole nitrogens is 1. The maximum Gasteiger partial charge on any atom is 0.230 e. The van der Waals surface area contributed by atoms with Gasteiger partial charge in [0.2, 0.25) is 5.91 Å². The van der Waals surface area contributed by atoms with Crippen LogP contribution < -0.4 is 5.32 Å². The molecule has 3 aromatic heterocycles. The number of carbonyl (C=O) groups excluding carboxylic acids is 1. The maximum absolute atomic E-state index is 13.1. The van der Waals surface area contributed by atoms with Crippen LogP contribution in [-0.4, -0.2) is 56.5 Å². The van der Waals surface area contributed by atoms with Crippen molar-refractivity contribution in [2.75, 3.05) is 20.1 Å². The van der Waals surface area contributed by atoms with Gasteiger partial charge in [-0.25, -0.2) is 9.97 Å². The normalized spacial score (nSPS) is 19.0. The van der Waals surface area contributed by atoms with Crippen LogP contribution in [0.25, 0.3) is 22.1 Å². The highest BCUT2D eigenvalue weighted by Crippen LogP contribution is 2.31. The van der Waals surface area contributed by atoms with E-state index in [1.165, 1.54) is 12.8 Å². The summed E-state index contributed by atoms with van der Waals surface area (Å²) in [6.45, 7) is 2.00. The van der Waals surface area contributed by atoms with Gasteiger partial charge in [-0.1, -0.05) is 12.8 Å². The van der Waals surface area contributed by atoms with Gasteiger partial charge in [-0.15, -0.1) is 0 Å². The molecule has 148 valence electrons. The van der Waals surface area contributed by atoms with Gasteiger partial charge in [0.05, 0.1) is 18.1 Å². The molecule has 0 atom stereocenters. The molecular formula is C21H28N6O. The topological polar surface area (TPSA) is 78.8 Å². The second kappa shape index (κ2) is 7.20. The number of imidazole rings is 1. The summed E-state index contributed by atoms with van der Waals surface area (Å²) in [6, 6.07) is 2.83. The zero-order chi connectivity index (χ0) is 19.1. The molecule has 7 heteroatoms. The predicted molar refractivity (Wildman–Crippen MR) is 109 cm³/mol. The van der Waals surface area contributed by atoms with Crippen molar-refractivity contribution >= 4 is 28.0 Å². The van der Waals surface area contributed by atoms with E-state index in [0.717, 1.165) is 66.7 Å². The lowest BCUT2D eigenvalue weighted by Crippen LogP contribution is -2.37. The van der Waals surface area contributed by atoms with Gasteiger partial charge in [-0.2, -0.15) is 0 Å². The fraction of sp³-hybridized carbons (Fsp3) is 0.571. The van der Waals surface area contributed by atoms with Gasteiger partial charge >= 0.3 is 0 Å². The molecule has 0 radical (unpaired) electrons. The van der Waals surface area contributed by atoms with Crippen molar-refractivity contribution in [2.45, 2.75) is 57.0 Å². The lowest BCUT2D eigenvalue weighted by atomic mass is 10.1. The largest absolute Gasteiger partial charge is 0.346 e. The van der Waals surface area contributed by atoms with Crippen LogP contribution in [0.1, 0.15) is 50.4 Å². The van der Waals surface area contributed by atoms with Crippen LogP contribution in [0.4, 0.5) is 0 Å². The third kappa shape index (κ3) is 2.98. The fourth-order valence-corrected chi connectivity index (χ4v) is 4.98. The molecule has 1 amide bonds. The Labute approximate surface area is 164 Å². The van der Waals surface area contributed by atoms with Gasteiger partial charge in [0.1, 0.15) is 17.0 Å². The molecule has 0 bridgehead atoms. The Morgan fingerprint density at radius 2 is 2.04 bits per heavy atom. The van der Waals surface area contributed by atoms with Gasteiger partial charge in [0, 0.05) is 30.7 Å². The van der Waals surface area contributed by atoms with Crippen LogP contribution in [-0.2, 0) is 11.2 Å². The second-order valence-corrected chi connectivity index (χ2v) is 8.23. The number of carbonyl (C=O) groups is 1. The Morgan fingerprint density at radius 3 is 2.82 bits per heavy atom. The molecule has 1 saturated carbocycles. The SMILES string of the molecule is CN(C(=O)Cc1nc2cnc3[nH]ccc3c2n1C1CCNCC1)C1CCCC1. The van der Waals surface area contributed by atoms with Crippen LogP contribution in [0.15, 0.2) is 18.5 Å². The van der Waals surface area contributed by atoms with Crippen molar-refractivity contribution < 1.29 is 4.79 Å². The first-order valence-corrected chi connectivity index (χ1v) is 10.5. The molecule has 28 heavy (non-hydrogen) atoms. The fourth-order valence-electron chi connectivity index (χ4n) is 4.98. The Kier molecular flexibility index (Phi) is 4.55. The van der Waals surface area contributed by atoms with Crippen molar-refractivity contribution in [1.82, 2.24) is 29.7 Å². The molecule has 0 aromatic carbocycles. The highest BCUT2D eigenvalue weighted by Gasteiger charge is 2.28. The van der Waals surface area contributed by atoms with Crippen LogP contribution >= 0.6 is 0 Å². The lowest BCUT2D eigenvalue weighted by Gasteiger charge is -2.28. The lowest BCUT2D eigenvalue weighted by molar-refractivity contribution is -0.131. The number of amides is 1. The van der Waals surface area contributed by atoms with Crippen LogP contribution in [0.2, 0.25) is 0 Å². The number of likely N-dealkylation sites (N-methyl/N-ethyl adjacent to an activating group) is 1. The van der Waals surface area contributed by atoms with E-state index in [4.69, 9.17) is 4.98 Å². The molecule has 2 aliphatic rings. The predicted octanol–water partition coefficient (Wildman–Crippen LogP) is 2.78. The highest BCUT2D eigenvalue weighted by atomic mass is 16.2. The number of nitrogens with zero attached hydrogens (tertiary/aromatic N) is 4. The molecule has 1 aliphatic carbocycles. The number of nitrogens with one attached hydrogen (secondary N) is 2. The molecule has 3 aromatic rings. The summed E-state index contributed by atoms with van der Waals surface area (Å²) in [5.41, 5.74) is 2.88. The number of aromatic nitrogens is 4. The minimum Gasteiger partial charge on any atom is -0.346 e. The van der Waals surface area contributed by atoms with Crippen molar-refractivity contribution in [3.8, 4) is 0 Å². The van der Waals surface area contributed by atoms with E-state index in [9.17, 15) is 4.79 Å². The first-order valence-electron chi connectivity index (χ1n) is 10.5. The number of pyridine rings is 1. The molecule has 2 fully saturated rings. The monoisotopic (exact) mass is 380 g/mol. The van der Waals surface area contributed by atoms with Crippen molar-refractivity contribution in [1.29, 1.82) is 0 Å². The zero-order valence-corrected chi connectivity index (χ0v) is 16.4. The van der Waals surface area contributed by atoms with Gasteiger partial charge in [0.15, 0.2) is 0 Å². The molecule has 1 saturated heterocycles. The van der Waals surface area contributed by atoms with Crippen molar-refractivity contribution in [2.24, 2.45) is 0 Å². The Bertz CT molecular complexity index is 993. The Balaban J connectivity index is 1.56. The number of aromatic amines is 1. The van der Waals surface area contributed by atoms with Crippen LogP contribution in [0.3, 0.4) is 0 Å². The number of fused-ring (bicyclic) bond motifs is 3. The van der Waals surface area contributed by atoms with E-state index in [-0.39, 0.29) is 5.91 Å². The Morgan fingerprint density at radius 1 is 1.25 bits per heavy atom. The molecule has 7 nitrogen and oxygen atoms in total. The number of rotatable bonds is 4. The van der Waals surface area contributed by atoms with Crippen LogP contribution in [0, 0.1) is 0 Å². The van der Waals surface area contributed by atoms with Crippen molar-refractivity contribution in [3.05, 3.63) is 24.3 Å². The van der Waals surface area contributed by atoms with E-state index in [0.29, 0.717) is 18.5 Å². The van der Waals surface area contributed by atoms with Crippen molar-refractivity contribution in [3.63, 3.8) is 0 Å². The minimum atomic E-state index is 0.177. The van der Waals surface area contributed by atoms with E-state index >= 15 is 0 Å². The van der Waals surface area contributed by atoms with Gasteiger partial charge < -0.3 is 19.8 Å². The first kappa shape index (κ1) is 17.7. The number of hydrogen-bond acceptors (Lipinski definition) is 4. The summed E-state index contributed by atoms with van der Waals surface area (Å²) in [7, 11) is 1.96. The maximum atomic E-state index is 13.1. The first-order chi connectivity index (χ1) is 13.7. The number of hydrogen-bond donors (Lipinski definition) is 2. The molecule has 0 unspecified atom stereocenters. The number of piperidine rings is 1. The summed E-state index contributed by atoms with van der Waals surface area (Å²) in [5.74, 6) is 1.06. The van der Waals surface area contributed by atoms with Gasteiger partial charge in [-0.3, -0.25) is 4.79 Å². The average molecular weight is 380 g/mol. The third-order valence-electron chi connectivity index (χ3n) is 6.56. The summed E-state index contributed by atoms with van der Waals surface area (Å²) in [5, 5.41) is 4.53. The van der Waals surface area contributed by atoms with E-state index in [1.54, 1.807) is 0 Å². The molecule has 4 heterocycles. The summed E-state index contributed by atoms with van der Waals surface area (Å²) < 4.78 is 2.34.